The van der Waals surface area contributed by atoms with Crippen molar-refractivity contribution in [1.29, 1.82) is 0 Å². The molecular formula is C11H14FN. The van der Waals surface area contributed by atoms with Gasteiger partial charge in [-0.05, 0) is 48.9 Å². The van der Waals surface area contributed by atoms with Crippen LogP contribution in [0.1, 0.15) is 30.0 Å². The molecule has 13 heavy (non-hydrogen) atoms. The molecule has 0 heterocycles. The molecule has 2 N–H and O–H groups in total. The maximum atomic E-state index is 13.0. The van der Waals surface area contributed by atoms with E-state index in [0.29, 0.717) is 5.92 Å². The van der Waals surface area contributed by atoms with Crippen LogP contribution in [0.3, 0.4) is 0 Å². The van der Waals surface area contributed by atoms with Crippen molar-refractivity contribution in [3.8, 4) is 0 Å². The largest absolute Gasteiger partial charge is 0.324 e. The minimum Gasteiger partial charge on any atom is -0.324 e. The van der Waals surface area contributed by atoms with Crippen LogP contribution in [-0.2, 0) is 0 Å². The molecule has 1 saturated carbocycles. The molecule has 2 rings (SSSR count). The number of hydrogen-bond acceptors (Lipinski definition) is 1. The Morgan fingerprint density at radius 1 is 1.38 bits per heavy atom. The van der Waals surface area contributed by atoms with Gasteiger partial charge < -0.3 is 5.73 Å². The smallest absolute Gasteiger partial charge is 0.123 e. The lowest BCUT2D eigenvalue weighted by atomic mass is 10.0. The second-order valence-corrected chi connectivity index (χ2v) is 3.93. The molecule has 1 nitrogen and oxygen atoms in total. The zero-order valence-corrected chi connectivity index (χ0v) is 7.76. The lowest BCUT2D eigenvalue weighted by molar-refractivity contribution is 0.600. The van der Waals surface area contributed by atoms with E-state index >= 15 is 0 Å². The molecule has 1 aromatic rings. The van der Waals surface area contributed by atoms with Crippen LogP contribution < -0.4 is 5.73 Å². The first kappa shape index (κ1) is 8.70. The van der Waals surface area contributed by atoms with Gasteiger partial charge in [0.1, 0.15) is 5.82 Å². The fraction of sp³-hybridized carbons (Fsp3) is 0.455. The molecular weight excluding hydrogens is 165 g/mol. The van der Waals surface area contributed by atoms with E-state index in [1.807, 2.05) is 13.0 Å². The second kappa shape index (κ2) is 3.11. The summed E-state index contributed by atoms with van der Waals surface area (Å²) in [5, 5.41) is 0. The summed E-state index contributed by atoms with van der Waals surface area (Å²) in [6.45, 7) is 1.90. The van der Waals surface area contributed by atoms with Crippen molar-refractivity contribution in [2.24, 2.45) is 11.7 Å². The van der Waals surface area contributed by atoms with Crippen LogP contribution >= 0.6 is 0 Å². The van der Waals surface area contributed by atoms with Crippen LogP contribution in [0.15, 0.2) is 18.2 Å². The highest BCUT2D eigenvalue weighted by Gasteiger charge is 2.29. The van der Waals surface area contributed by atoms with E-state index in [0.717, 1.165) is 11.1 Å². The summed E-state index contributed by atoms with van der Waals surface area (Å²) in [6, 6.07) is 5.10. The van der Waals surface area contributed by atoms with Gasteiger partial charge in [0, 0.05) is 6.04 Å². The molecule has 1 fully saturated rings. The second-order valence-electron chi connectivity index (χ2n) is 3.93. The number of rotatable bonds is 2. The monoisotopic (exact) mass is 179 g/mol. The SMILES string of the molecule is Cc1cc(F)cc(C(N)C2CC2)c1. The number of benzene rings is 1. The molecule has 0 aliphatic heterocycles. The first-order valence-corrected chi connectivity index (χ1v) is 4.69. The Bertz CT molecular complexity index is 298. The standard InChI is InChI=1S/C11H14FN/c1-7-4-9(6-10(12)5-7)11(13)8-2-3-8/h4-6,8,11H,2-3,13H2,1H3. The van der Waals surface area contributed by atoms with Gasteiger partial charge in [0.25, 0.3) is 0 Å². The average Bonchev–Trinajstić information content (AvgIpc) is 2.83. The minimum atomic E-state index is -0.175. The summed E-state index contributed by atoms with van der Waals surface area (Å²) >= 11 is 0. The van der Waals surface area contributed by atoms with Gasteiger partial charge in [-0.1, -0.05) is 6.07 Å². The first-order chi connectivity index (χ1) is 6.16. The molecule has 1 aliphatic rings. The van der Waals surface area contributed by atoms with Gasteiger partial charge in [0.2, 0.25) is 0 Å². The predicted molar refractivity (Wildman–Crippen MR) is 50.8 cm³/mol. The Hall–Kier alpha value is -0.890. The number of nitrogens with two attached hydrogens (primary N) is 1. The molecule has 70 valence electrons. The number of hydrogen-bond donors (Lipinski definition) is 1. The summed E-state index contributed by atoms with van der Waals surface area (Å²) < 4.78 is 13.0. The highest BCUT2D eigenvalue weighted by molar-refractivity contribution is 5.27. The molecule has 0 amide bonds. The summed E-state index contributed by atoms with van der Waals surface area (Å²) in [4.78, 5) is 0. The average molecular weight is 179 g/mol. The van der Waals surface area contributed by atoms with Crippen molar-refractivity contribution in [1.82, 2.24) is 0 Å². The summed E-state index contributed by atoms with van der Waals surface area (Å²) in [5.74, 6) is 0.410. The Morgan fingerprint density at radius 2 is 2.08 bits per heavy atom. The molecule has 0 spiro atoms. The van der Waals surface area contributed by atoms with Crippen LogP contribution in [-0.4, -0.2) is 0 Å². The van der Waals surface area contributed by atoms with Gasteiger partial charge in [-0.15, -0.1) is 0 Å². The van der Waals surface area contributed by atoms with Crippen LogP contribution in [0.4, 0.5) is 4.39 Å². The van der Waals surface area contributed by atoms with E-state index in [9.17, 15) is 4.39 Å². The van der Waals surface area contributed by atoms with Crippen molar-refractivity contribution in [3.05, 3.63) is 35.1 Å². The van der Waals surface area contributed by atoms with Crippen molar-refractivity contribution in [3.63, 3.8) is 0 Å². The lowest BCUT2D eigenvalue weighted by Crippen LogP contribution is -2.12. The lowest BCUT2D eigenvalue weighted by Gasteiger charge is -2.11. The molecule has 0 radical (unpaired) electrons. The van der Waals surface area contributed by atoms with E-state index in [2.05, 4.69) is 0 Å². The van der Waals surface area contributed by atoms with E-state index in [1.54, 1.807) is 6.07 Å². The first-order valence-electron chi connectivity index (χ1n) is 4.69. The highest BCUT2D eigenvalue weighted by atomic mass is 19.1. The van der Waals surface area contributed by atoms with E-state index in [4.69, 9.17) is 5.73 Å². The fourth-order valence-electron chi connectivity index (χ4n) is 1.68. The van der Waals surface area contributed by atoms with Crippen molar-refractivity contribution in [2.45, 2.75) is 25.8 Å². The Kier molecular flexibility index (Phi) is 2.08. The Labute approximate surface area is 77.8 Å². The molecule has 1 atom stereocenters. The molecule has 1 aromatic carbocycles. The van der Waals surface area contributed by atoms with Gasteiger partial charge in [0.15, 0.2) is 0 Å². The fourth-order valence-corrected chi connectivity index (χ4v) is 1.68. The Morgan fingerprint density at radius 3 is 2.62 bits per heavy atom. The maximum Gasteiger partial charge on any atom is 0.123 e. The van der Waals surface area contributed by atoms with Crippen LogP contribution in [0, 0.1) is 18.7 Å². The maximum absolute atomic E-state index is 13.0. The van der Waals surface area contributed by atoms with Crippen LogP contribution in [0.5, 0.6) is 0 Å². The minimum absolute atomic E-state index is 0.0365. The summed E-state index contributed by atoms with van der Waals surface area (Å²) in [7, 11) is 0. The predicted octanol–water partition coefficient (Wildman–Crippen LogP) is 2.54. The van der Waals surface area contributed by atoms with Gasteiger partial charge in [0.05, 0.1) is 0 Å². The van der Waals surface area contributed by atoms with Gasteiger partial charge >= 0.3 is 0 Å². The molecule has 2 heteroatoms. The van der Waals surface area contributed by atoms with Crippen molar-refractivity contribution < 1.29 is 4.39 Å². The highest BCUT2D eigenvalue weighted by Crippen LogP contribution is 2.39. The third-order valence-electron chi connectivity index (χ3n) is 2.58. The van der Waals surface area contributed by atoms with Crippen molar-refractivity contribution >= 4 is 0 Å². The van der Waals surface area contributed by atoms with E-state index in [1.165, 1.54) is 18.9 Å². The molecule has 0 saturated heterocycles. The van der Waals surface area contributed by atoms with Gasteiger partial charge in [-0.3, -0.25) is 0 Å². The van der Waals surface area contributed by atoms with Gasteiger partial charge in [-0.2, -0.15) is 0 Å². The quantitative estimate of drug-likeness (QED) is 0.741. The third-order valence-corrected chi connectivity index (χ3v) is 2.58. The topological polar surface area (TPSA) is 26.0 Å². The van der Waals surface area contributed by atoms with Gasteiger partial charge in [-0.25, -0.2) is 4.39 Å². The zero-order valence-electron chi connectivity index (χ0n) is 7.76. The Balaban J connectivity index is 2.27. The summed E-state index contributed by atoms with van der Waals surface area (Å²) in [5.41, 5.74) is 7.87. The normalized spacial score (nSPS) is 18.7. The van der Waals surface area contributed by atoms with E-state index < -0.39 is 0 Å². The number of halogens is 1. The van der Waals surface area contributed by atoms with Crippen molar-refractivity contribution in [2.75, 3.05) is 0 Å². The van der Waals surface area contributed by atoms with Crippen LogP contribution in [0.25, 0.3) is 0 Å². The molecule has 1 unspecified atom stereocenters. The molecule has 0 bridgehead atoms. The molecule has 1 aliphatic carbocycles. The summed E-state index contributed by atoms with van der Waals surface area (Å²) in [6.07, 6.45) is 2.38. The molecule has 0 aromatic heterocycles. The van der Waals surface area contributed by atoms with Crippen LogP contribution in [0.2, 0.25) is 0 Å². The zero-order chi connectivity index (χ0) is 9.42. The van der Waals surface area contributed by atoms with E-state index in [-0.39, 0.29) is 11.9 Å². The number of aryl methyl sites for hydroxylation is 1. The third kappa shape index (κ3) is 1.89.